The first kappa shape index (κ1) is 17.2. The first-order valence-electron chi connectivity index (χ1n) is 7.35. The van der Waals surface area contributed by atoms with Crippen molar-refractivity contribution in [2.45, 2.75) is 12.5 Å². The van der Waals surface area contributed by atoms with Gasteiger partial charge in [-0.3, -0.25) is 9.59 Å². The number of nitrogens with one attached hydrogen (secondary N) is 1. The van der Waals surface area contributed by atoms with E-state index in [1.807, 2.05) is 0 Å². The molecule has 0 aliphatic rings. The van der Waals surface area contributed by atoms with Gasteiger partial charge in [0.05, 0.1) is 13.0 Å². The summed E-state index contributed by atoms with van der Waals surface area (Å²) in [5.41, 5.74) is 1.04. The molecule has 0 aromatic heterocycles. The Morgan fingerprint density at radius 1 is 1.08 bits per heavy atom. The van der Waals surface area contributed by atoms with E-state index in [1.54, 1.807) is 54.6 Å². The minimum atomic E-state index is -1.13. The van der Waals surface area contributed by atoms with Crippen LogP contribution < -0.4 is 10.1 Å². The zero-order valence-electron chi connectivity index (χ0n) is 12.8. The largest absolute Gasteiger partial charge is 0.493 e. The van der Waals surface area contributed by atoms with Crippen LogP contribution in [0.5, 0.6) is 5.75 Å². The van der Waals surface area contributed by atoms with E-state index >= 15 is 0 Å². The van der Waals surface area contributed by atoms with Crippen LogP contribution in [-0.4, -0.2) is 29.9 Å². The summed E-state index contributed by atoms with van der Waals surface area (Å²) in [6, 6.07) is 13.9. The van der Waals surface area contributed by atoms with Crippen LogP contribution in [0.25, 0.3) is 0 Å². The van der Waals surface area contributed by atoms with Gasteiger partial charge in [-0.25, -0.2) is 4.79 Å². The highest BCUT2D eigenvalue weighted by Crippen LogP contribution is 2.14. The fraction of sp³-hybridized carbons (Fsp3) is 0.167. The van der Waals surface area contributed by atoms with E-state index in [-0.39, 0.29) is 13.0 Å². The second-order valence-corrected chi connectivity index (χ2v) is 5.03. The van der Waals surface area contributed by atoms with Gasteiger partial charge in [-0.1, -0.05) is 30.3 Å². The number of carboxylic acids is 1. The number of benzene rings is 2. The van der Waals surface area contributed by atoms with E-state index in [1.165, 1.54) is 0 Å². The number of carbonyl (C=O) groups excluding carboxylic acids is 2. The third kappa shape index (κ3) is 4.95. The van der Waals surface area contributed by atoms with Gasteiger partial charge in [0.25, 0.3) is 0 Å². The molecule has 0 spiro atoms. The molecule has 6 nitrogen and oxygen atoms in total. The van der Waals surface area contributed by atoms with Gasteiger partial charge in [0.15, 0.2) is 6.04 Å². The molecule has 1 unspecified atom stereocenters. The minimum Gasteiger partial charge on any atom is -0.493 e. The van der Waals surface area contributed by atoms with E-state index in [9.17, 15) is 19.5 Å². The normalized spacial score (nSPS) is 11.3. The average molecular weight is 327 g/mol. The van der Waals surface area contributed by atoms with Gasteiger partial charge >= 0.3 is 5.97 Å². The number of hydrogen-bond acceptors (Lipinski definition) is 4. The van der Waals surface area contributed by atoms with Crippen molar-refractivity contribution in [2.24, 2.45) is 0 Å². The summed E-state index contributed by atoms with van der Waals surface area (Å²) in [5.74, 6) is -1.01. The summed E-state index contributed by atoms with van der Waals surface area (Å²) in [6.45, 7) is 0.105. The fourth-order valence-corrected chi connectivity index (χ4v) is 2.07. The van der Waals surface area contributed by atoms with Crippen molar-refractivity contribution in [3.05, 3.63) is 65.7 Å². The lowest BCUT2D eigenvalue weighted by Gasteiger charge is -2.15. The number of carbonyl (C=O) groups is 3. The van der Waals surface area contributed by atoms with Gasteiger partial charge in [0, 0.05) is 5.56 Å². The van der Waals surface area contributed by atoms with Crippen LogP contribution in [0.1, 0.15) is 28.4 Å². The molecule has 1 amide bonds. The summed E-state index contributed by atoms with van der Waals surface area (Å²) in [5, 5.41) is 11.7. The number of aldehydes is 1. The van der Waals surface area contributed by atoms with E-state index in [0.29, 0.717) is 16.9 Å². The predicted molar refractivity (Wildman–Crippen MR) is 86.9 cm³/mol. The molecule has 2 aromatic carbocycles. The predicted octanol–water partition coefficient (Wildman–Crippen LogP) is 2.21. The number of ether oxygens (including phenoxy) is 1. The third-order valence-electron chi connectivity index (χ3n) is 3.30. The molecule has 2 aromatic rings. The maximum Gasteiger partial charge on any atom is 0.330 e. The smallest absolute Gasteiger partial charge is 0.330 e. The molecule has 2 N–H and O–H groups in total. The molecule has 0 radical (unpaired) electrons. The molecule has 24 heavy (non-hydrogen) atoms. The number of rotatable bonds is 8. The van der Waals surface area contributed by atoms with Crippen molar-refractivity contribution < 1.29 is 24.2 Å². The van der Waals surface area contributed by atoms with Crippen molar-refractivity contribution in [3.63, 3.8) is 0 Å². The monoisotopic (exact) mass is 327 g/mol. The summed E-state index contributed by atoms with van der Waals surface area (Å²) < 4.78 is 5.40. The Labute approximate surface area is 139 Å². The molecule has 1 atom stereocenters. The molecule has 0 saturated heterocycles. The fourth-order valence-electron chi connectivity index (χ4n) is 2.07. The minimum absolute atomic E-state index is 0.0199. The molecule has 6 heteroatoms. The van der Waals surface area contributed by atoms with E-state index < -0.39 is 17.9 Å². The lowest BCUT2D eigenvalue weighted by molar-refractivity contribution is -0.142. The van der Waals surface area contributed by atoms with Crippen LogP contribution >= 0.6 is 0 Å². The standard InChI is InChI=1S/C18H17NO5/c20-12-13-6-8-15(9-7-13)24-11-10-16(21)19-17(18(22)23)14-4-2-1-3-5-14/h1-9,12,17H,10-11H2,(H,19,21)(H,22,23). The average Bonchev–Trinajstić information content (AvgIpc) is 2.61. The number of hydrogen-bond donors (Lipinski definition) is 2. The van der Waals surface area contributed by atoms with Gasteiger partial charge in [-0.15, -0.1) is 0 Å². The van der Waals surface area contributed by atoms with Crippen LogP contribution in [0.15, 0.2) is 54.6 Å². The van der Waals surface area contributed by atoms with Crippen LogP contribution in [0.4, 0.5) is 0 Å². The van der Waals surface area contributed by atoms with Crippen LogP contribution in [-0.2, 0) is 9.59 Å². The molecule has 0 bridgehead atoms. The molecular weight excluding hydrogens is 310 g/mol. The van der Waals surface area contributed by atoms with Crippen molar-refractivity contribution in [2.75, 3.05) is 6.61 Å². The second-order valence-electron chi connectivity index (χ2n) is 5.03. The number of carboxylic acid groups (broad SMARTS) is 1. The van der Waals surface area contributed by atoms with Crippen molar-refractivity contribution in [3.8, 4) is 5.75 Å². The Morgan fingerprint density at radius 3 is 2.33 bits per heavy atom. The Hall–Kier alpha value is -3.15. The molecule has 2 rings (SSSR count). The quantitative estimate of drug-likeness (QED) is 0.725. The molecule has 0 saturated carbocycles. The van der Waals surface area contributed by atoms with Crippen LogP contribution in [0, 0.1) is 0 Å². The molecule has 0 fully saturated rings. The highest BCUT2D eigenvalue weighted by atomic mass is 16.5. The first-order valence-corrected chi connectivity index (χ1v) is 7.35. The summed E-state index contributed by atoms with van der Waals surface area (Å²) in [4.78, 5) is 33.8. The highest BCUT2D eigenvalue weighted by molar-refractivity contribution is 5.84. The number of amides is 1. The SMILES string of the molecule is O=Cc1ccc(OCCC(=O)NC(C(=O)O)c2ccccc2)cc1. The van der Waals surface area contributed by atoms with Gasteiger partial charge < -0.3 is 15.2 Å². The first-order chi connectivity index (χ1) is 11.6. The summed E-state index contributed by atoms with van der Waals surface area (Å²) in [6.07, 6.45) is 0.749. The zero-order chi connectivity index (χ0) is 17.4. The Bertz CT molecular complexity index is 697. The van der Waals surface area contributed by atoms with Crippen molar-refractivity contribution in [1.82, 2.24) is 5.32 Å². The van der Waals surface area contributed by atoms with Crippen LogP contribution in [0.3, 0.4) is 0 Å². The molecule has 124 valence electrons. The maximum absolute atomic E-state index is 11.9. The molecular formula is C18H17NO5. The summed E-state index contributed by atoms with van der Waals surface area (Å²) >= 11 is 0. The molecule has 0 heterocycles. The second kappa shape index (κ2) is 8.47. The zero-order valence-corrected chi connectivity index (χ0v) is 12.8. The Morgan fingerprint density at radius 2 is 1.75 bits per heavy atom. The third-order valence-corrected chi connectivity index (χ3v) is 3.30. The van der Waals surface area contributed by atoms with Crippen molar-refractivity contribution >= 4 is 18.2 Å². The van der Waals surface area contributed by atoms with Gasteiger partial charge in [-0.2, -0.15) is 0 Å². The Kier molecular flexibility index (Phi) is 6.08. The van der Waals surface area contributed by atoms with E-state index in [2.05, 4.69) is 5.32 Å². The summed E-state index contributed by atoms with van der Waals surface area (Å²) in [7, 11) is 0. The topological polar surface area (TPSA) is 92.7 Å². The lowest BCUT2D eigenvalue weighted by Crippen LogP contribution is -2.34. The number of aliphatic carboxylic acids is 1. The van der Waals surface area contributed by atoms with Gasteiger partial charge in [-0.05, 0) is 29.8 Å². The maximum atomic E-state index is 11.9. The van der Waals surface area contributed by atoms with Crippen molar-refractivity contribution in [1.29, 1.82) is 0 Å². The van der Waals surface area contributed by atoms with E-state index in [4.69, 9.17) is 4.74 Å². The molecule has 0 aliphatic heterocycles. The van der Waals surface area contributed by atoms with Crippen LogP contribution in [0.2, 0.25) is 0 Å². The lowest BCUT2D eigenvalue weighted by atomic mass is 10.1. The van der Waals surface area contributed by atoms with Gasteiger partial charge in [0.2, 0.25) is 5.91 Å². The molecule has 0 aliphatic carbocycles. The Balaban J connectivity index is 1.85. The van der Waals surface area contributed by atoms with Gasteiger partial charge in [0.1, 0.15) is 12.0 Å². The van der Waals surface area contributed by atoms with E-state index in [0.717, 1.165) is 6.29 Å². The highest BCUT2D eigenvalue weighted by Gasteiger charge is 2.21.